The van der Waals surface area contributed by atoms with Gasteiger partial charge in [-0.25, -0.2) is 5.84 Å². The quantitative estimate of drug-likeness (QED) is 0.298. The van der Waals surface area contributed by atoms with Crippen LogP contribution in [0.1, 0.15) is 12.0 Å². The maximum atomic E-state index is 10.9. The van der Waals surface area contributed by atoms with E-state index in [1.54, 1.807) is 24.3 Å². The van der Waals surface area contributed by atoms with E-state index in [0.717, 1.165) is 0 Å². The van der Waals surface area contributed by atoms with Gasteiger partial charge in [-0.3, -0.25) is 15.0 Å². The molecule has 0 heterocycles. The van der Waals surface area contributed by atoms with Crippen molar-refractivity contribution in [1.82, 2.24) is 5.43 Å². The van der Waals surface area contributed by atoms with Gasteiger partial charge >= 0.3 is 5.97 Å². The molecule has 1 aromatic rings. The molecule has 0 aliphatic rings. The molecular formula is C12H12N2O4. The third-order valence-electron chi connectivity index (χ3n) is 1.87. The van der Waals surface area contributed by atoms with Crippen LogP contribution in [0.15, 0.2) is 24.3 Å². The van der Waals surface area contributed by atoms with Crippen LogP contribution in [0.5, 0.6) is 5.75 Å². The van der Waals surface area contributed by atoms with Gasteiger partial charge < -0.3 is 9.84 Å². The number of hydrogen-bond donors (Lipinski definition) is 3. The molecule has 0 saturated carbocycles. The van der Waals surface area contributed by atoms with Crippen LogP contribution < -0.4 is 16.0 Å². The van der Waals surface area contributed by atoms with E-state index in [9.17, 15) is 9.59 Å². The van der Waals surface area contributed by atoms with Gasteiger partial charge in [0.1, 0.15) is 12.2 Å². The van der Waals surface area contributed by atoms with E-state index < -0.39 is 11.9 Å². The zero-order chi connectivity index (χ0) is 13.4. The minimum absolute atomic E-state index is 0.228. The first-order valence-electron chi connectivity index (χ1n) is 5.05. The number of carbonyl (C=O) groups is 2. The summed E-state index contributed by atoms with van der Waals surface area (Å²) in [5, 5.41) is 8.47. The van der Waals surface area contributed by atoms with Crippen LogP contribution in [0.3, 0.4) is 0 Å². The average molecular weight is 248 g/mol. The van der Waals surface area contributed by atoms with Gasteiger partial charge in [0.15, 0.2) is 6.61 Å². The first-order chi connectivity index (χ1) is 8.63. The van der Waals surface area contributed by atoms with Crippen LogP contribution >= 0.6 is 0 Å². The monoisotopic (exact) mass is 248 g/mol. The fraction of sp³-hybridized carbons (Fsp3) is 0.167. The lowest BCUT2D eigenvalue weighted by Gasteiger charge is -2.06. The lowest BCUT2D eigenvalue weighted by Crippen LogP contribution is -2.34. The van der Waals surface area contributed by atoms with Gasteiger partial charge in [-0.15, -0.1) is 0 Å². The Morgan fingerprint density at radius 2 is 2.11 bits per heavy atom. The lowest BCUT2D eigenvalue weighted by atomic mass is 10.2. The molecule has 0 aliphatic heterocycles. The van der Waals surface area contributed by atoms with Crippen molar-refractivity contribution in [1.29, 1.82) is 0 Å². The number of benzene rings is 1. The number of hydrazine groups is 1. The SMILES string of the molecule is NNC(=O)COc1ccccc1C#CCC(=O)O. The molecule has 1 aromatic carbocycles. The molecule has 0 unspecified atom stereocenters. The van der Waals surface area contributed by atoms with E-state index in [2.05, 4.69) is 11.8 Å². The highest BCUT2D eigenvalue weighted by Crippen LogP contribution is 2.16. The first kappa shape index (κ1) is 13.5. The number of nitrogens with one attached hydrogen (secondary N) is 1. The van der Waals surface area contributed by atoms with Crippen LogP contribution in [-0.4, -0.2) is 23.6 Å². The maximum absolute atomic E-state index is 10.9. The average Bonchev–Trinajstić information content (AvgIpc) is 2.36. The number of para-hydroxylation sites is 1. The Kier molecular flexibility index (Phi) is 5.22. The number of carbonyl (C=O) groups excluding carboxylic acids is 1. The second kappa shape index (κ2) is 6.93. The van der Waals surface area contributed by atoms with Crippen LogP contribution in [-0.2, 0) is 9.59 Å². The molecule has 6 nitrogen and oxygen atoms in total. The van der Waals surface area contributed by atoms with Crippen molar-refractivity contribution < 1.29 is 19.4 Å². The minimum atomic E-state index is -0.997. The molecule has 0 atom stereocenters. The van der Waals surface area contributed by atoms with Crippen LogP contribution in [0.25, 0.3) is 0 Å². The third kappa shape index (κ3) is 4.55. The highest BCUT2D eigenvalue weighted by atomic mass is 16.5. The number of rotatable bonds is 4. The van der Waals surface area contributed by atoms with Gasteiger partial charge in [0.05, 0.1) is 5.56 Å². The van der Waals surface area contributed by atoms with E-state index in [-0.39, 0.29) is 13.0 Å². The summed E-state index contributed by atoms with van der Waals surface area (Å²) in [7, 11) is 0. The summed E-state index contributed by atoms with van der Waals surface area (Å²) in [4.78, 5) is 21.3. The number of nitrogens with two attached hydrogens (primary N) is 1. The topological polar surface area (TPSA) is 102 Å². The van der Waals surface area contributed by atoms with E-state index >= 15 is 0 Å². The molecule has 0 saturated heterocycles. The predicted octanol–water partition coefficient (Wildman–Crippen LogP) is -0.119. The molecule has 0 aromatic heterocycles. The molecule has 0 bridgehead atoms. The third-order valence-corrected chi connectivity index (χ3v) is 1.87. The van der Waals surface area contributed by atoms with Gasteiger partial charge in [0.25, 0.3) is 5.91 Å². The van der Waals surface area contributed by atoms with Crippen molar-refractivity contribution in [3.05, 3.63) is 29.8 Å². The first-order valence-corrected chi connectivity index (χ1v) is 5.05. The molecular weight excluding hydrogens is 236 g/mol. The molecule has 1 amide bonds. The molecule has 1 rings (SSSR count). The molecule has 18 heavy (non-hydrogen) atoms. The summed E-state index contributed by atoms with van der Waals surface area (Å²) >= 11 is 0. The maximum Gasteiger partial charge on any atom is 0.315 e. The zero-order valence-electron chi connectivity index (χ0n) is 9.47. The summed E-state index contributed by atoms with van der Waals surface area (Å²) < 4.78 is 5.21. The normalized spacial score (nSPS) is 8.94. The van der Waals surface area contributed by atoms with Crippen molar-refractivity contribution >= 4 is 11.9 Å². The van der Waals surface area contributed by atoms with E-state index in [4.69, 9.17) is 15.7 Å². The summed E-state index contributed by atoms with van der Waals surface area (Å²) in [6.07, 6.45) is -0.252. The number of hydrogen-bond acceptors (Lipinski definition) is 4. The Morgan fingerprint density at radius 1 is 1.39 bits per heavy atom. The standard InChI is InChI=1S/C12H12N2O4/c13-14-11(15)8-18-10-6-2-1-4-9(10)5-3-7-12(16)17/h1-2,4,6H,7-8,13H2,(H,14,15)(H,16,17). The minimum Gasteiger partial charge on any atom is -0.482 e. The van der Waals surface area contributed by atoms with Crippen LogP contribution in [0.4, 0.5) is 0 Å². The van der Waals surface area contributed by atoms with Gasteiger partial charge in [-0.1, -0.05) is 24.0 Å². The molecule has 6 heteroatoms. The molecule has 0 fully saturated rings. The summed E-state index contributed by atoms with van der Waals surface area (Å²) in [6.45, 7) is -0.228. The highest BCUT2D eigenvalue weighted by Gasteiger charge is 2.03. The Balaban J connectivity index is 2.75. The second-order valence-electron chi connectivity index (χ2n) is 3.22. The Hall–Kier alpha value is -2.52. The van der Waals surface area contributed by atoms with E-state index in [0.29, 0.717) is 11.3 Å². The summed E-state index contributed by atoms with van der Waals surface area (Å²) in [6, 6.07) is 6.76. The van der Waals surface area contributed by atoms with Crippen molar-refractivity contribution in [2.45, 2.75) is 6.42 Å². The Bertz CT molecular complexity index is 502. The van der Waals surface area contributed by atoms with Gasteiger partial charge in [-0.2, -0.15) is 0 Å². The lowest BCUT2D eigenvalue weighted by molar-refractivity contribution is -0.135. The molecule has 0 aliphatic carbocycles. The highest BCUT2D eigenvalue weighted by molar-refractivity contribution is 5.76. The molecule has 4 N–H and O–H groups in total. The molecule has 0 spiro atoms. The van der Waals surface area contributed by atoms with Crippen LogP contribution in [0, 0.1) is 11.8 Å². The van der Waals surface area contributed by atoms with Gasteiger partial charge in [0, 0.05) is 0 Å². The van der Waals surface area contributed by atoms with Crippen molar-refractivity contribution in [3.63, 3.8) is 0 Å². The fourth-order valence-corrected chi connectivity index (χ4v) is 1.10. The van der Waals surface area contributed by atoms with E-state index in [1.807, 2.05) is 5.43 Å². The van der Waals surface area contributed by atoms with Gasteiger partial charge in [-0.05, 0) is 12.1 Å². The van der Waals surface area contributed by atoms with Crippen molar-refractivity contribution in [2.24, 2.45) is 5.84 Å². The smallest absolute Gasteiger partial charge is 0.315 e. The number of aliphatic carboxylic acids is 1. The summed E-state index contributed by atoms with van der Waals surface area (Å²) in [5.74, 6) is 9.01. The number of amides is 1. The number of carboxylic acids is 1. The largest absolute Gasteiger partial charge is 0.482 e. The molecule has 0 radical (unpaired) electrons. The number of carboxylic acid groups (broad SMARTS) is 1. The summed E-state index contributed by atoms with van der Waals surface area (Å²) in [5.41, 5.74) is 2.45. The van der Waals surface area contributed by atoms with E-state index in [1.165, 1.54) is 0 Å². The van der Waals surface area contributed by atoms with Gasteiger partial charge in [0.2, 0.25) is 0 Å². The second-order valence-corrected chi connectivity index (χ2v) is 3.22. The zero-order valence-corrected chi connectivity index (χ0v) is 9.47. The number of ether oxygens (including phenoxy) is 1. The van der Waals surface area contributed by atoms with Crippen LogP contribution in [0.2, 0.25) is 0 Å². The van der Waals surface area contributed by atoms with Crippen molar-refractivity contribution in [3.8, 4) is 17.6 Å². The Labute approximate surface area is 104 Å². The predicted molar refractivity (Wildman–Crippen MR) is 63.4 cm³/mol. The Morgan fingerprint density at radius 3 is 2.78 bits per heavy atom. The molecule has 94 valence electrons. The van der Waals surface area contributed by atoms with Crippen molar-refractivity contribution in [2.75, 3.05) is 6.61 Å². The fourth-order valence-electron chi connectivity index (χ4n) is 1.10.